The molecule has 17 heavy (non-hydrogen) atoms. The van der Waals surface area contributed by atoms with E-state index in [1.807, 2.05) is 38.1 Å². The predicted octanol–water partition coefficient (Wildman–Crippen LogP) is 1.52. The molecular weight excluding hydrogens is 214 g/mol. The van der Waals surface area contributed by atoms with Gasteiger partial charge in [-0.15, -0.1) is 0 Å². The van der Waals surface area contributed by atoms with Gasteiger partial charge in [-0.25, -0.2) is 0 Å². The van der Waals surface area contributed by atoms with Crippen molar-refractivity contribution < 1.29 is 9.90 Å². The Morgan fingerprint density at radius 1 is 1.47 bits per heavy atom. The third-order valence-electron chi connectivity index (χ3n) is 3.42. The van der Waals surface area contributed by atoms with E-state index in [9.17, 15) is 9.90 Å². The van der Waals surface area contributed by atoms with Crippen molar-refractivity contribution in [3.05, 3.63) is 35.4 Å². The van der Waals surface area contributed by atoms with Crippen molar-refractivity contribution in [3.63, 3.8) is 0 Å². The van der Waals surface area contributed by atoms with E-state index in [1.54, 1.807) is 4.90 Å². The number of hydrogen-bond donors (Lipinski definition) is 1. The SMILES string of the molecule is CCC1(O)CN(C(=O)Cc2cccc(C)c2)C1. The van der Waals surface area contributed by atoms with Crippen LogP contribution in [0.1, 0.15) is 24.5 Å². The Bertz CT molecular complexity index is 422. The number of aliphatic hydroxyl groups is 1. The van der Waals surface area contributed by atoms with Crippen LogP contribution in [0.2, 0.25) is 0 Å². The zero-order valence-electron chi connectivity index (χ0n) is 10.4. The van der Waals surface area contributed by atoms with Crippen molar-refractivity contribution >= 4 is 5.91 Å². The number of likely N-dealkylation sites (tertiary alicyclic amines) is 1. The van der Waals surface area contributed by atoms with Gasteiger partial charge in [0.1, 0.15) is 0 Å². The molecule has 0 aromatic heterocycles. The summed E-state index contributed by atoms with van der Waals surface area (Å²) in [5.74, 6) is 0.105. The Labute approximate surface area is 102 Å². The largest absolute Gasteiger partial charge is 0.386 e. The van der Waals surface area contributed by atoms with Gasteiger partial charge in [0.2, 0.25) is 5.91 Å². The zero-order valence-corrected chi connectivity index (χ0v) is 10.4. The third kappa shape index (κ3) is 2.67. The lowest BCUT2D eigenvalue weighted by molar-refractivity contribution is -0.155. The van der Waals surface area contributed by atoms with Gasteiger partial charge in [-0.05, 0) is 18.9 Å². The number of β-amino-alcohol motifs (C(OH)–C–C–N with tert-alkyl or cyclic N) is 1. The monoisotopic (exact) mass is 233 g/mol. The minimum absolute atomic E-state index is 0.105. The molecule has 1 aromatic carbocycles. The van der Waals surface area contributed by atoms with Crippen LogP contribution in [0, 0.1) is 6.92 Å². The topological polar surface area (TPSA) is 40.5 Å². The van der Waals surface area contributed by atoms with E-state index in [4.69, 9.17) is 0 Å². The van der Waals surface area contributed by atoms with Gasteiger partial charge in [-0.1, -0.05) is 36.8 Å². The second kappa shape index (κ2) is 4.49. The highest BCUT2D eigenvalue weighted by Gasteiger charge is 2.41. The van der Waals surface area contributed by atoms with Gasteiger partial charge >= 0.3 is 0 Å². The molecule has 92 valence electrons. The molecule has 1 aliphatic heterocycles. The Morgan fingerprint density at radius 3 is 2.76 bits per heavy atom. The molecule has 0 saturated carbocycles. The highest BCUT2D eigenvalue weighted by atomic mass is 16.3. The summed E-state index contributed by atoms with van der Waals surface area (Å²) in [6.07, 6.45) is 1.14. The quantitative estimate of drug-likeness (QED) is 0.860. The van der Waals surface area contributed by atoms with Crippen LogP contribution in [-0.4, -0.2) is 34.6 Å². The second-order valence-electron chi connectivity index (χ2n) is 4.99. The van der Waals surface area contributed by atoms with Crippen molar-refractivity contribution in [1.29, 1.82) is 0 Å². The van der Waals surface area contributed by atoms with E-state index in [0.29, 0.717) is 25.9 Å². The Hall–Kier alpha value is -1.35. The first-order valence-electron chi connectivity index (χ1n) is 6.08. The molecule has 1 aromatic rings. The number of carbonyl (C=O) groups is 1. The molecular formula is C14H19NO2. The van der Waals surface area contributed by atoms with E-state index in [-0.39, 0.29) is 5.91 Å². The van der Waals surface area contributed by atoms with Gasteiger partial charge < -0.3 is 10.0 Å². The normalized spacial score (nSPS) is 17.7. The average Bonchev–Trinajstić information content (AvgIpc) is 2.24. The van der Waals surface area contributed by atoms with Gasteiger partial charge in [0.25, 0.3) is 0 Å². The lowest BCUT2D eigenvalue weighted by atomic mass is 9.91. The van der Waals surface area contributed by atoms with Crippen LogP contribution in [0.5, 0.6) is 0 Å². The molecule has 1 N–H and O–H groups in total. The lowest BCUT2D eigenvalue weighted by Gasteiger charge is -2.46. The molecule has 0 aliphatic carbocycles. The Kier molecular flexibility index (Phi) is 3.20. The number of aryl methyl sites for hydroxylation is 1. The zero-order chi connectivity index (χ0) is 12.5. The molecule has 2 rings (SSSR count). The van der Waals surface area contributed by atoms with Crippen molar-refractivity contribution in [2.75, 3.05) is 13.1 Å². The van der Waals surface area contributed by atoms with Crippen LogP contribution in [0.15, 0.2) is 24.3 Å². The van der Waals surface area contributed by atoms with Gasteiger partial charge in [-0.2, -0.15) is 0 Å². The van der Waals surface area contributed by atoms with E-state index in [0.717, 1.165) is 5.56 Å². The summed E-state index contributed by atoms with van der Waals surface area (Å²) in [5.41, 5.74) is 1.58. The fourth-order valence-electron chi connectivity index (χ4n) is 2.17. The van der Waals surface area contributed by atoms with Crippen LogP contribution in [0.3, 0.4) is 0 Å². The fourth-order valence-corrected chi connectivity index (χ4v) is 2.17. The number of carbonyl (C=O) groups excluding carboxylic acids is 1. The van der Waals surface area contributed by atoms with Gasteiger partial charge in [0.15, 0.2) is 0 Å². The first-order valence-corrected chi connectivity index (χ1v) is 6.08. The molecule has 0 atom stereocenters. The fraction of sp³-hybridized carbons (Fsp3) is 0.500. The molecule has 0 radical (unpaired) electrons. The summed E-state index contributed by atoms with van der Waals surface area (Å²) in [6.45, 7) is 4.93. The first kappa shape index (κ1) is 12.1. The molecule has 1 saturated heterocycles. The van der Waals surface area contributed by atoms with Gasteiger partial charge in [0.05, 0.1) is 25.1 Å². The van der Waals surface area contributed by atoms with Gasteiger partial charge in [-0.3, -0.25) is 4.79 Å². The number of benzene rings is 1. The standard InChI is InChI=1S/C14H19NO2/c1-3-14(17)9-15(10-14)13(16)8-12-6-4-5-11(2)7-12/h4-7,17H,3,8-10H2,1-2H3. The van der Waals surface area contributed by atoms with Crippen molar-refractivity contribution in [2.24, 2.45) is 0 Å². The van der Waals surface area contributed by atoms with E-state index in [1.165, 1.54) is 5.56 Å². The maximum Gasteiger partial charge on any atom is 0.227 e. The minimum atomic E-state index is -0.637. The van der Waals surface area contributed by atoms with Gasteiger partial charge in [0, 0.05) is 0 Å². The van der Waals surface area contributed by atoms with Crippen LogP contribution in [0.25, 0.3) is 0 Å². The number of hydrogen-bond acceptors (Lipinski definition) is 2. The first-order chi connectivity index (χ1) is 8.02. The van der Waals surface area contributed by atoms with Crippen LogP contribution in [0.4, 0.5) is 0 Å². The van der Waals surface area contributed by atoms with E-state index >= 15 is 0 Å². The Morgan fingerprint density at radius 2 is 2.18 bits per heavy atom. The highest BCUT2D eigenvalue weighted by molar-refractivity contribution is 5.80. The van der Waals surface area contributed by atoms with Crippen molar-refractivity contribution in [2.45, 2.75) is 32.3 Å². The molecule has 1 heterocycles. The maximum absolute atomic E-state index is 11.9. The number of nitrogens with zero attached hydrogens (tertiary/aromatic N) is 1. The average molecular weight is 233 g/mol. The van der Waals surface area contributed by atoms with Crippen LogP contribution >= 0.6 is 0 Å². The molecule has 3 nitrogen and oxygen atoms in total. The summed E-state index contributed by atoms with van der Waals surface area (Å²) in [6, 6.07) is 7.99. The van der Waals surface area contributed by atoms with Crippen molar-refractivity contribution in [3.8, 4) is 0 Å². The molecule has 0 spiro atoms. The molecule has 1 aliphatic rings. The summed E-state index contributed by atoms with van der Waals surface area (Å²) in [4.78, 5) is 13.7. The smallest absolute Gasteiger partial charge is 0.227 e. The summed E-state index contributed by atoms with van der Waals surface area (Å²) >= 11 is 0. The number of rotatable bonds is 3. The van der Waals surface area contributed by atoms with E-state index in [2.05, 4.69) is 0 Å². The lowest BCUT2D eigenvalue weighted by Crippen LogP contribution is -2.63. The summed E-state index contributed by atoms with van der Waals surface area (Å²) < 4.78 is 0. The van der Waals surface area contributed by atoms with Crippen molar-refractivity contribution in [1.82, 2.24) is 4.90 Å². The highest BCUT2D eigenvalue weighted by Crippen LogP contribution is 2.24. The summed E-state index contributed by atoms with van der Waals surface area (Å²) in [5, 5.41) is 9.85. The van der Waals surface area contributed by atoms with E-state index < -0.39 is 5.60 Å². The molecule has 0 bridgehead atoms. The molecule has 1 amide bonds. The predicted molar refractivity (Wildman–Crippen MR) is 66.7 cm³/mol. The molecule has 3 heteroatoms. The molecule has 0 unspecified atom stereocenters. The Balaban J connectivity index is 1.91. The summed E-state index contributed by atoms with van der Waals surface area (Å²) in [7, 11) is 0. The van der Waals surface area contributed by atoms with Crippen LogP contribution in [-0.2, 0) is 11.2 Å². The molecule has 1 fully saturated rings. The number of amides is 1. The second-order valence-corrected chi connectivity index (χ2v) is 4.99. The maximum atomic E-state index is 11.9. The van der Waals surface area contributed by atoms with Crippen LogP contribution < -0.4 is 0 Å². The minimum Gasteiger partial charge on any atom is -0.386 e. The third-order valence-corrected chi connectivity index (χ3v) is 3.42.